The average Bonchev–Trinajstić information content (AvgIpc) is 3.39. The number of nitrogens with zero attached hydrogens (tertiary/aromatic N) is 4. The molecule has 0 fully saturated rings. The topological polar surface area (TPSA) is 103 Å². The fraction of sp³-hybridized carbons (Fsp3) is 0.261. The number of likely N-dealkylation sites (N-methyl/N-ethyl adjacent to an activating group) is 1. The molecule has 0 unspecified atom stereocenters. The molecule has 0 saturated carbocycles. The summed E-state index contributed by atoms with van der Waals surface area (Å²) < 4.78 is 0. The highest BCUT2D eigenvalue weighted by molar-refractivity contribution is 7.99. The summed E-state index contributed by atoms with van der Waals surface area (Å²) in [5.41, 5.74) is 3.73. The molecule has 2 N–H and O–H groups in total. The summed E-state index contributed by atoms with van der Waals surface area (Å²) in [5, 5.41) is 19.2. The maximum absolute atomic E-state index is 13.1. The van der Waals surface area contributed by atoms with Gasteiger partial charge < -0.3 is 10.2 Å². The second-order valence-electron chi connectivity index (χ2n) is 7.66. The van der Waals surface area contributed by atoms with Gasteiger partial charge in [0.15, 0.2) is 0 Å². The molecule has 3 heterocycles. The molecule has 2 aliphatic rings. The quantitative estimate of drug-likeness (QED) is 0.589. The van der Waals surface area contributed by atoms with Gasteiger partial charge in [-0.1, -0.05) is 49.4 Å². The zero-order valence-electron chi connectivity index (χ0n) is 17.1. The molecule has 1 aromatic heterocycles. The van der Waals surface area contributed by atoms with Crippen molar-refractivity contribution in [2.24, 2.45) is 10.2 Å². The Balaban J connectivity index is 0.00000259. The number of anilines is 1. The molecule has 5 rings (SSSR count). The average molecular weight is 483 g/mol. The van der Waals surface area contributed by atoms with Gasteiger partial charge in [-0.15, -0.1) is 16.9 Å². The smallest absolute Gasteiger partial charge is 0.268 e. The molecular formula is C23H23ClN6O2S. The third-order valence-electron chi connectivity index (χ3n) is 5.49. The van der Waals surface area contributed by atoms with Gasteiger partial charge in [0.2, 0.25) is 5.91 Å². The first-order chi connectivity index (χ1) is 15.5. The van der Waals surface area contributed by atoms with Crippen LogP contribution in [-0.2, 0) is 16.0 Å². The number of rotatable bonds is 4. The fourth-order valence-corrected chi connectivity index (χ4v) is 5.07. The Morgan fingerprint density at radius 1 is 1.27 bits per heavy atom. The van der Waals surface area contributed by atoms with Crippen LogP contribution in [0.25, 0.3) is 10.9 Å². The zero-order chi connectivity index (χ0) is 22.2. The van der Waals surface area contributed by atoms with Crippen molar-refractivity contribution in [3.63, 3.8) is 0 Å². The van der Waals surface area contributed by atoms with Crippen LogP contribution in [0.2, 0.25) is 5.15 Å². The van der Waals surface area contributed by atoms with Crippen LogP contribution in [-0.4, -0.2) is 52.3 Å². The third-order valence-corrected chi connectivity index (χ3v) is 6.91. The first-order valence-electron chi connectivity index (χ1n) is 10.0. The second kappa shape index (κ2) is 9.36. The Labute approximate surface area is 200 Å². The van der Waals surface area contributed by atoms with Crippen LogP contribution in [0.5, 0.6) is 0 Å². The summed E-state index contributed by atoms with van der Waals surface area (Å²) in [4.78, 5) is 28.4. The molecule has 1 atom stereocenters. The minimum atomic E-state index is -0.685. The maximum Gasteiger partial charge on any atom is 0.268 e. The van der Waals surface area contributed by atoms with Crippen LogP contribution in [0.15, 0.2) is 57.6 Å². The molecule has 0 spiro atoms. The lowest BCUT2D eigenvalue weighted by atomic mass is 10.0. The van der Waals surface area contributed by atoms with E-state index in [-0.39, 0.29) is 19.2 Å². The van der Waals surface area contributed by atoms with Crippen molar-refractivity contribution in [1.82, 2.24) is 15.5 Å². The number of hydrogen-bond acceptors (Lipinski definition) is 6. The summed E-state index contributed by atoms with van der Waals surface area (Å²) in [5.74, 6) is -0.169. The van der Waals surface area contributed by atoms with Gasteiger partial charge in [0.05, 0.1) is 16.9 Å². The molecule has 2 aliphatic heterocycles. The number of H-pyrrole nitrogens is 1. The molecule has 170 valence electrons. The lowest BCUT2D eigenvalue weighted by molar-refractivity contribution is -0.123. The number of amides is 2. The predicted octanol–water partition coefficient (Wildman–Crippen LogP) is 3.85. The Bertz CT molecular complexity index is 1290. The van der Waals surface area contributed by atoms with Gasteiger partial charge in [0.25, 0.3) is 5.91 Å². The van der Waals surface area contributed by atoms with Crippen molar-refractivity contribution in [2.75, 3.05) is 17.7 Å². The van der Waals surface area contributed by atoms with Crippen molar-refractivity contribution in [3.05, 3.63) is 53.2 Å². The number of fused-ring (bicyclic) bond motifs is 2. The van der Waals surface area contributed by atoms with E-state index in [1.54, 1.807) is 11.9 Å². The maximum atomic E-state index is 13.1. The van der Waals surface area contributed by atoms with Gasteiger partial charge in [0, 0.05) is 35.9 Å². The van der Waals surface area contributed by atoms with Crippen molar-refractivity contribution in [1.29, 1.82) is 0 Å². The number of aromatic nitrogens is 2. The largest absolute Gasteiger partial charge is 0.338 e. The SMILES string of the molecule is C.CN1C(=O)[C@@H](NC(=O)C2=NN=C(Cc3ccccc3)C2)CSc2cc3n[nH]c(Cl)c3cc21. The van der Waals surface area contributed by atoms with Gasteiger partial charge in [-0.25, -0.2) is 0 Å². The van der Waals surface area contributed by atoms with Crippen LogP contribution >= 0.6 is 23.4 Å². The van der Waals surface area contributed by atoms with E-state index in [2.05, 4.69) is 25.7 Å². The minimum absolute atomic E-state index is 0. The van der Waals surface area contributed by atoms with Crippen LogP contribution < -0.4 is 10.2 Å². The van der Waals surface area contributed by atoms with E-state index >= 15 is 0 Å². The summed E-state index contributed by atoms with van der Waals surface area (Å²) >= 11 is 7.66. The van der Waals surface area contributed by atoms with E-state index < -0.39 is 6.04 Å². The van der Waals surface area contributed by atoms with Crippen LogP contribution in [0.1, 0.15) is 19.4 Å². The summed E-state index contributed by atoms with van der Waals surface area (Å²) in [6, 6.07) is 13.0. The van der Waals surface area contributed by atoms with Crippen LogP contribution in [0.4, 0.5) is 5.69 Å². The zero-order valence-corrected chi connectivity index (χ0v) is 18.7. The molecule has 2 aromatic carbocycles. The van der Waals surface area contributed by atoms with E-state index in [4.69, 9.17) is 11.6 Å². The molecule has 0 aliphatic carbocycles. The fourth-order valence-electron chi connectivity index (χ4n) is 3.77. The summed E-state index contributed by atoms with van der Waals surface area (Å²) in [6.45, 7) is 0. The molecule has 8 nitrogen and oxygen atoms in total. The van der Waals surface area contributed by atoms with E-state index in [0.29, 0.717) is 29.5 Å². The normalized spacial score (nSPS) is 17.7. The molecule has 0 bridgehead atoms. The number of benzene rings is 2. The molecule has 0 radical (unpaired) electrons. The molecule has 10 heteroatoms. The number of carbonyl (C=O) groups is 2. The van der Waals surface area contributed by atoms with E-state index in [1.807, 2.05) is 42.5 Å². The van der Waals surface area contributed by atoms with Crippen LogP contribution in [0, 0.1) is 0 Å². The van der Waals surface area contributed by atoms with E-state index in [9.17, 15) is 9.59 Å². The number of nitrogens with one attached hydrogen (secondary N) is 2. The second-order valence-corrected chi connectivity index (χ2v) is 9.10. The van der Waals surface area contributed by atoms with Crippen molar-refractivity contribution >= 4 is 63.2 Å². The highest BCUT2D eigenvalue weighted by Crippen LogP contribution is 2.38. The van der Waals surface area contributed by atoms with Crippen molar-refractivity contribution in [2.45, 2.75) is 31.2 Å². The molecule has 33 heavy (non-hydrogen) atoms. The number of aromatic amines is 1. The molecular weight excluding hydrogens is 460 g/mol. The summed E-state index contributed by atoms with van der Waals surface area (Å²) in [7, 11) is 1.69. The molecule has 2 amide bonds. The van der Waals surface area contributed by atoms with Gasteiger partial charge in [0.1, 0.15) is 16.9 Å². The first-order valence-corrected chi connectivity index (χ1v) is 11.4. The number of thioether (sulfide) groups is 1. The lowest BCUT2D eigenvalue weighted by Crippen LogP contribution is -2.50. The van der Waals surface area contributed by atoms with Crippen LogP contribution in [0.3, 0.4) is 0 Å². The molecule has 0 saturated heterocycles. The van der Waals surface area contributed by atoms with E-state index in [0.717, 1.165) is 32.8 Å². The van der Waals surface area contributed by atoms with Gasteiger partial charge >= 0.3 is 0 Å². The Hall–Kier alpha value is -3.17. The third kappa shape index (κ3) is 4.51. The monoisotopic (exact) mass is 482 g/mol. The van der Waals surface area contributed by atoms with Crippen molar-refractivity contribution < 1.29 is 9.59 Å². The first kappa shape index (κ1) is 23.0. The predicted molar refractivity (Wildman–Crippen MR) is 134 cm³/mol. The van der Waals surface area contributed by atoms with E-state index in [1.165, 1.54) is 11.8 Å². The summed E-state index contributed by atoms with van der Waals surface area (Å²) in [6.07, 6.45) is 1.02. The number of carbonyl (C=O) groups excluding carboxylic acids is 2. The Morgan fingerprint density at radius 3 is 2.85 bits per heavy atom. The highest BCUT2D eigenvalue weighted by Gasteiger charge is 2.32. The Morgan fingerprint density at radius 2 is 2.06 bits per heavy atom. The lowest BCUT2D eigenvalue weighted by Gasteiger charge is -2.21. The van der Waals surface area contributed by atoms with Crippen molar-refractivity contribution in [3.8, 4) is 0 Å². The Kier molecular flexibility index (Phi) is 6.53. The van der Waals surface area contributed by atoms with Gasteiger partial charge in [-0.3, -0.25) is 14.7 Å². The highest BCUT2D eigenvalue weighted by atomic mass is 35.5. The standard InChI is InChI=1S/C22H19ClN6O2S.CH4/c1-29-18-9-14-15(26-28-20(14)23)10-19(18)32-11-17(22(29)31)24-21(30)16-8-13(25-27-16)7-12-5-3-2-4-6-12;/h2-6,9-10,17H,7-8,11H2,1H3,(H,24,30)(H,26,28);1H4/t17-;/m0./s1. The number of halogens is 1. The number of hydrogen-bond donors (Lipinski definition) is 2. The molecule has 3 aromatic rings. The van der Waals surface area contributed by atoms with Gasteiger partial charge in [-0.05, 0) is 17.7 Å². The minimum Gasteiger partial charge on any atom is -0.338 e. The van der Waals surface area contributed by atoms with Gasteiger partial charge in [-0.2, -0.15) is 10.2 Å².